The van der Waals surface area contributed by atoms with Crippen LogP contribution in [0.3, 0.4) is 0 Å². The summed E-state index contributed by atoms with van der Waals surface area (Å²) in [5, 5.41) is 6.50. The minimum atomic E-state index is -0.146. The quantitative estimate of drug-likeness (QED) is 0.747. The van der Waals surface area contributed by atoms with Gasteiger partial charge in [0.25, 0.3) is 5.91 Å². The number of rotatable bonds is 4. The largest absolute Gasteiger partial charge is 0.361 e. The van der Waals surface area contributed by atoms with Crippen LogP contribution in [0.15, 0.2) is 4.52 Å². The lowest BCUT2D eigenvalue weighted by atomic mass is 10.2. The van der Waals surface area contributed by atoms with E-state index in [0.29, 0.717) is 18.0 Å². The number of amides is 1. The first-order valence-corrected chi connectivity index (χ1v) is 4.88. The molecule has 14 heavy (non-hydrogen) atoms. The zero-order valence-electron chi connectivity index (χ0n) is 8.89. The van der Waals surface area contributed by atoms with Gasteiger partial charge in [0.15, 0.2) is 5.69 Å². The van der Waals surface area contributed by atoms with E-state index in [2.05, 4.69) is 17.4 Å². The number of carbonyl (C=O) groups excluding carboxylic acids is 1. The number of nitrogens with one attached hydrogen (secondary N) is 1. The Hall–Kier alpha value is -1.32. The molecule has 0 aliphatic carbocycles. The van der Waals surface area contributed by atoms with E-state index >= 15 is 0 Å². The fourth-order valence-electron chi connectivity index (χ4n) is 1.09. The van der Waals surface area contributed by atoms with Crippen LogP contribution < -0.4 is 5.32 Å². The maximum Gasteiger partial charge on any atom is 0.273 e. The van der Waals surface area contributed by atoms with Crippen molar-refractivity contribution in [2.24, 2.45) is 0 Å². The number of aromatic nitrogens is 1. The second-order valence-electron chi connectivity index (χ2n) is 3.32. The summed E-state index contributed by atoms with van der Waals surface area (Å²) >= 11 is 0. The number of hydrogen-bond donors (Lipinski definition) is 1. The highest BCUT2D eigenvalue weighted by Crippen LogP contribution is 2.10. The van der Waals surface area contributed by atoms with Crippen molar-refractivity contribution in [1.82, 2.24) is 10.5 Å². The van der Waals surface area contributed by atoms with Gasteiger partial charge >= 0.3 is 0 Å². The summed E-state index contributed by atoms with van der Waals surface area (Å²) in [6.07, 6.45) is 2.05. The number of unbranched alkanes of at least 4 members (excludes halogenated alkanes) is 1. The Morgan fingerprint density at radius 1 is 1.50 bits per heavy atom. The maximum atomic E-state index is 11.5. The first-order chi connectivity index (χ1) is 6.66. The molecule has 1 aromatic rings. The molecule has 1 heterocycles. The molecule has 0 aromatic carbocycles. The molecule has 1 rings (SSSR count). The van der Waals surface area contributed by atoms with Crippen LogP contribution in [0.4, 0.5) is 0 Å². The number of nitrogens with zero attached hydrogens (tertiary/aromatic N) is 1. The summed E-state index contributed by atoms with van der Waals surface area (Å²) in [5.74, 6) is 0.554. The molecule has 78 valence electrons. The normalized spacial score (nSPS) is 10.2. The Balaban J connectivity index is 2.56. The van der Waals surface area contributed by atoms with Crippen molar-refractivity contribution in [2.45, 2.75) is 33.6 Å². The number of hydrogen-bond acceptors (Lipinski definition) is 3. The highest BCUT2D eigenvalue weighted by Gasteiger charge is 2.15. The molecule has 4 nitrogen and oxygen atoms in total. The lowest BCUT2D eigenvalue weighted by Crippen LogP contribution is -2.25. The fourth-order valence-corrected chi connectivity index (χ4v) is 1.09. The Morgan fingerprint density at radius 3 is 2.71 bits per heavy atom. The minimum absolute atomic E-state index is 0.146. The van der Waals surface area contributed by atoms with Gasteiger partial charge in [-0.25, -0.2) is 0 Å². The van der Waals surface area contributed by atoms with Crippen LogP contribution in [0.5, 0.6) is 0 Å². The molecular formula is C10H16N2O2. The molecule has 1 aromatic heterocycles. The standard InChI is InChI=1S/C10H16N2O2/c1-4-5-6-11-10(13)9-7(2)8(3)14-12-9/h4-6H2,1-3H3,(H,11,13). The van der Waals surface area contributed by atoms with E-state index in [1.807, 2.05) is 6.92 Å². The van der Waals surface area contributed by atoms with E-state index in [0.717, 1.165) is 18.4 Å². The molecule has 0 atom stereocenters. The minimum Gasteiger partial charge on any atom is -0.361 e. The summed E-state index contributed by atoms with van der Waals surface area (Å²) in [7, 11) is 0. The van der Waals surface area contributed by atoms with Crippen molar-refractivity contribution in [3.05, 3.63) is 17.0 Å². The van der Waals surface area contributed by atoms with E-state index in [1.165, 1.54) is 0 Å². The molecule has 0 bridgehead atoms. The summed E-state index contributed by atoms with van der Waals surface area (Å²) in [6, 6.07) is 0. The smallest absolute Gasteiger partial charge is 0.273 e. The fraction of sp³-hybridized carbons (Fsp3) is 0.600. The summed E-state index contributed by atoms with van der Waals surface area (Å²) in [6.45, 7) is 6.41. The van der Waals surface area contributed by atoms with Crippen molar-refractivity contribution in [3.63, 3.8) is 0 Å². The second-order valence-corrected chi connectivity index (χ2v) is 3.32. The van der Waals surface area contributed by atoms with Crippen LogP contribution in [-0.4, -0.2) is 17.6 Å². The molecule has 0 aliphatic heterocycles. The van der Waals surface area contributed by atoms with Gasteiger partial charge in [0.05, 0.1) is 0 Å². The highest BCUT2D eigenvalue weighted by atomic mass is 16.5. The van der Waals surface area contributed by atoms with Gasteiger partial charge in [-0.1, -0.05) is 18.5 Å². The zero-order valence-corrected chi connectivity index (χ0v) is 8.89. The molecule has 1 amide bonds. The second kappa shape index (κ2) is 4.79. The van der Waals surface area contributed by atoms with Crippen LogP contribution in [0.1, 0.15) is 41.6 Å². The summed E-state index contributed by atoms with van der Waals surface area (Å²) in [5.41, 5.74) is 1.22. The Bertz CT molecular complexity index is 318. The van der Waals surface area contributed by atoms with E-state index in [-0.39, 0.29) is 5.91 Å². The van der Waals surface area contributed by atoms with Crippen LogP contribution in [0.25, 0.3) is 0 Å². The average molecular weight is 196 g/mol. The van der Waals surface area contributed by atoms with Crippen LogP contribution in [-0.2, 0) is 0 Å². The molecule has 0 spiro atoms. The van der Waals surface area contributed by atoms with E-state index < -0.39 is 0 Å². The SMILES string of the molecule is CCCCNC(=O)c1noc(C)c1C. The molecule has 4 heteroatoms. The van der Waals surface area contributed by atoms with E-state index in [1.54, 1.807) is 6.92 Å². The molecule has 0 aliphatic rings. The van der Waals surface area contributed by atoms with Crippen molar-refractivity contribution in [3.8, 4) is 0 Å². The van der Waals surface area contributed by atoms with Crippen LogP contribution in [0.2, 0.25) is 0 Å². The van der Waals surface area contributed by atoms with Gasteiger partial charge in [-0.15, -0.1) is 0 Å². The van der Waals surface area contributed by atoms with E-state index in [4.69, 9.17) is 4.52 Å². The Morgan fingerprint density at radius 2 is 2.21 bits per heavy atom. The summed E-state index contributed by atoms with van der Waals surface area (Å²) < 4.78 is 4.91. The Kier molecular flexibility index (Phi) is 3.68. The average Bonchev–Trinajstić information content (AvgIpc) is 2.48. The summed E-state index contributed by atoms with van der Waals surface area (Å²) in [4.78, 5) is 11.5. The predicted octanol–water partition coefficient (Wildman–Crippen LogP) is 1.82. The van der Waals surface area contributed by atoms with Crippen molar-refractivity contribution in [2.75, 3.05) is 6.54 Å². The topological polar surface area (TPSA) is 55.1 Å². The third-order valence-corrected chi connectivity index (χ3v) is 2.19. The van der Waals surface area contributed by atoms with Gasteiger partial charge in [-0.2, -0.15) is 0 Å². The third kappa shape index (κ3) is 2.34. The molecule has 0 unspecified atom stereocenters. The molecule has 0 fully saturated rings. The lowest BCUT2D eigenvalue weighted by molar-refractivity contribution is 0.0943. The number of aryl methyl sites for hydroxylation is 1. The molecule has 0 saturated heterocycles. The zero-order chi connectivity index (χ0) is 10.6. The van der Waals surface area contributed by atoms with Gasteiger partial charge < -0.3 is 9.84 Å². The monoisotopic (exact) mass is 196 g/mol. The molecular weight excluding hydrogens is 180 g/mol. The van der Waals surface area contributed by atoms with Gasteiger partial charge in [0, 0.05) is 12.1 Å². The van der Waals surface area contributed by atoms with Crippen LogP contribution in [0, 0.1) is 13.8 Å². The first kappa shape index (κ1) is 10.8. The van der Waals surface area contributed by atoms with Crippen molar-refractivity contribution < 1.29 is 9.32 Å². The molecule has 0 radical (unpaired) electrons. The lowest BCUT2D eigenvalue weighted by Gasteiger charge is -2.00. The van der Waals surface area contributed by atoms with Crippen LogP contribution >= 0.6 is 0 Å². The number of carbonyl (C=O) groups is 1. The maximum absolute atomic E-state index is 11.5. The highest BCUT2D eigenvalue weighted by molar-refractivity contribution is 5.93. The van der Waals surface area contributed by atoms with Gasteiger partial charge in [0.2, 0.25) is 0 Å². The van der Waals surface area contributed by atoms with Gasteiger partial charge in [-0.05, 0) is 20.3 Å². The molecule has 1 N–H and O–H groups in total. The molecule has 0 saturated carbocycles. The van der Waals surface area contributed by atoms with Gasteiger partial charge in [-0.3, -0.25) is 4.79 Å². The van der Waals surface area contributed by atoms with Crippen molar-refractivity contribution in [1.29, 1.82) is 0 Å². The van der Waals surface area contributed by atoms with E-state index in [9.17, 15) is 4.79 Å². The Labute approximate surface area is 83.7 Å². The predicted molar refractivity (Wildman–Crippen MR) is 53.2 cm³/mol. The van der Waals surface area contributed by atoms with Gasteiger partial charge in [0.1, 0.15) is 5.76 Å². The third-order valence-electron chi connectivity index (χ3n) is 2.19. The first-order valence-electron chi connectivity index (χ1n) is 4.88. The van der Waals surface area contributed by atoms with Crippen molar-refractivity contribution >= 4 is 5.91 Å².